The van der Waals surface area contributed by atoms with Gasteiger partial charge in [0.1, 0.15) is 15.7 Å². The van der Waals surface area contributed by atoms with Gasteiger partial charge in [0.15, 0.2) is 17.3 Å². The summed E-state index contributed by atoms with van der Waals surface area (Å²) in [6, 6.07) is 17.3. The van der Waals surface area contributed by atoms with E-state index in [0.29, 0.717) is 43.7 Å². The molecule has 2 saturated heterocycles. The van der Waals surface area contributed by atoms with Gasteiger partial charge in [0.25, 0.3) is 5.91 Å². The number of hydrogen-bond acceptors (Lipinski definition) is 20. The van der Waals surface area contributed by atoms with Crippen molar-refractivity contribution in [3.8, 4) is 5.75 Å². The van der Waals surface area contributed by atoms with E-state index in [1.807, 2.05) is 151 Å². The van der Waals surface area contributed by atoms with Crippen LogP contribution in [0.2, 0.25) is 0 Å². The predicted molar refractivity (Wildman–Crippen MR) is 447 cm³/mol. The fraction of sp³-hybridized carbons (Fsp3) is 0.614. The van der Waals surface area contributed by atoms with E-state index in [4.69, 9.17) is 20.2 Å². The molecule has 5 N–H and O–H groups in total. The van der Waals surface area contributed by atoms with Gasteiger partial charge >= 0.3 is 17.9 Å². The van der Waals surface area contributed by atoms with Crippen LogP contribution in [0.4, 0.5) is 22.0 Å². The molecule has 0 bridgehead atoms. The Morgan fingerprint density at radius 2 is 0.924 bits per heavy atom. The highest BCUT2D eigenvalue weighted by Crippen LogP contribution is 2.38. The van der Waals surface area contributed by atoms with Gasteiger partial charge in [0.2, 0.25) is 58.5 Å². The number of nitrogens with two attached hydrogens (primary N) is 1. The Kier molecular flexibility index (Phi) is 39.8. The number of carbonyl (C=O) groups excluding carboxylic acids is 10. The van der Waals surface area contributed by atoms with Crippen LogP contribution in [0.25, 0.3) is 0 Å². The van der Waals surface area contributed by atoms with Crippen molar-refractivity contribution in [2.24, 2.45) is 53.1 Å². The summed E-state index contributed by atoms with van der Waals surface area (Å²) in [6.07, 6.45) is 7.97. The monoisotopic (exact) mass is 1690 g/mol. The minimum absolute atomic E-state index is 0.00296. The van der Waals surface area contributed by atoms with Gasteiger partial charge in [-0.05, 0) is 154 Å². The molecule has 5 amide bonds. The molecule has 5 aromatic rings. The average Bonchev–Trinajstić information content (AvgIpc) is 1.40. The Morgan fingerprint density at radius 3 is 1.30 bits per heavy atom. The van der Waals surface area contributed by atoms with Crippen molar-refractivity contribution >= 4 is 81.7 Å². The largest absolute Gasteiger partial charge is 0.466 e. The maximum absolute atomic E-state index is 14.3. The third-order valence-corrected chi connectivity index (χ3v) is 25.3. The number of ketones is 2. The predicted octanol–water partition coefficient (Wildman–Crippen LogP) is 14.6. The zero-order valence-corrected chi connectivity index (χ0v) is 74.1. The lowest BCUT2D eigenvalue weighted by molar-refractivity contribution is -0.148. The van der Waals surface area contributed by atoms with E-state index in [1.54, 1.807) is 43.1 Å². The summed E-state index contributed by atoms with van der Waals surface area (Å²) in [4.78, 5) is 147. The smallest absolute Gasteiger partial charge is 0.363 e. The highest BCUT2D eigenvalue weighted by molar-refractivity contribution is 7.10. The van der Waals surface area contributed by atoms with Crippen LogP contribution >= 0.6 is 22.7 Å². The number of nitrogens with zero attached hydrogens (tertiary/aromatic N) is 6. The number of thiazole rings is 2. The highest BCUT2D eigenvalue weighted by Gasteiger charge is 2.46. The maximum atomic E-state index is 14.3. The first-order valence-corrected chi connectivity index (χ1v) is 42.9. The zero-order chi connectivity index (χ0) is 88.4. The van der Waals surface area contributed by atoms with Gasteiger partial charge < -0.3 is 45.7 Å². The number of esters is 3. The summed E-state index contributed by atoms with van der Waals surface area (Å²) >= 11 is 2.17. The van der Waals surface area contributed by atoms with E-state index in [0.717, 1.165) is 73.9 Å². The van der Waals surface area contributed by atoms with Crippen molar-refractivity contribution in [1.29, 1.82) is 0 Å². The molecular weight excluding hydrogens is 1560 g/mol. The van der Waals surface area contributed by atoms with Gasteiger partial charge in [0, 0.05) is 87.5 Å². The quantitative estimate of drug-likeness (QED) is 0.00931. The highest BCUT2D eigenvalue weighted by atomic mass is 32.1. The maximum Gasteiger partial charge on any atom is 0.363 e. The van der Waals surface area contributed by atoms with Gasteiger partial charge in [-0.1, -0.05) is 143 Å². The number of amides is 5. The van der Waals surface area contributed by atoms with Crippen LogP contribution in [-0.4, -0.2) is 178 Å². The van der Waals surface area contributed by atoms with E-state index in [9.17, 15) is 69.9 Å². The molecule has 2 aromatic heterocycles. The Balaban J connectivity index is 0.000000352. The van der Waals surface area contributed by atoms with Crippen LogP contribution in [0.1, 0.15) is 242 Å². The molecule has 0 spiro atoms. The number of likely N-dealkylation sites (tertiary alicyclic amines) is 2. The second-order valence-corrected chi connectivity index (χ2v) is 34.6. The van der Waals surface area contributed by atoms with Crippen molar-refractivity contribution in [3.63, 3.8) is 0 Å². The molecule has 3 aromatic carbocycles. The van der Waals surface area contributed by atoms with E-state index in [-0.39, 0.29) is 131 Å². The first kappa shape index (κ1) is 100. The molecule has 118 heavy (non-hydrogen) atoms. The molecule has 4 heterocycles. The number of nitrogens with one attached hydrogen (secondary N) is 3. The topological polar surface area (TPSA) is 299 Å². The molecule has 0 aliphatic carbocycles. The molecule has 0 radical (unpaired) electrons. The molecule has 2 aliphatic heterocycles. The molecule has 7 rings (SSSR count). The zero-order valence-electron chi connectivity index (χ0n) is 72.5. The summed E-state index contributed by atoms with van der Waals surface area (Å²) in [5, 5.41) is 12.4. The SMILES string of the molecule is CCOC(=O)[C@@H](C)C[C@@H](N)Cc1ccccc1.CCOC(=O)[C@@H](C)C[C@H](Cc1ccccc1)NC(=O)c1csc([C@@H](C[C@H](C(C)C)N(C)C(=O)[C@@H](CC(=O)[C@@]2(C)CCCN2C)[C@@H](C)CC)NC(C)=O)n1.CC[C@H](C)[C@H](CC(=O)[C@@]1(C)CCCN1C)C(=O)N(C)[C@H](C[C@@H](NC(C)=O)c1nc(C(=O)Oc2c(F)c(F)c(F)c(F)c2F)cs1)C(C)C. The Morgan fingerprint density at radius 1 is 0.542 bits per heavy atom. The average molecular weight is 1690 g/mol. The summed E-state index contributed by atoms with van der Waals surface area (Å²) in [5.41, 5.74) is 6.78. The van der Waals surface area contributed by atoms with Gasteiger partial charge in [-0.15, -0.1) is 22.7 Å². The van der Waals surface area contributed by atoms with Crippen LogP contribution in [0.5, 0.6) is 5.75 Å². The van der Waals surface area contributed by atoms with Crippen LogP contribution in [-0.2, 0) is 60.7 Å². The van der Waals surface area contributed by atoms with Crippen molar-refractivity contribution in [2.75, 3.05) is 54.5 Å². The van der Waals surface area contributed by atoms with Crippen LogP contribution in [0.15, 0.2) is 71.4 Å². The molecule has 0 saturated carbocycles. The summed E-state index contributed by atoms with van der Waals surface area (Å²) in [7, 11) is 7.34. The van der Waals surface area contributed by atoms with Crippen molar-refractivity contribution < 1.29 is 84.1 Å². The minimum atomic E-state index is -2.40. The normalized spacial score (nSPS) is 18.5. The van der Waals surface area contributed by atoms with Crippen LogP contribution in [0, 0.1) is 76.4 Å². The number of ether oxygens (including phenoxy) is 3. The molecule has 30 heteroatoms. The number of carbonyl (C=O) groups is 10. The van der Waals surface area contributed by atoms with E-state index >= 15 is 0 Å². The molecular formula is C88H127F5N10O13S2. The first-order valence-electron chi connectivity index (χ1n) is 41.2. The lowest BCUT2D eigenvalue weighted by atomic mass is 9.80. The fourth-order valence-electron chi connectivity index (χ4n) is 15.3. The number of halogens is 5. The van der Waals surface area contributed by atoms with E-state index in [1.165, 1.54) is 30.7 Å². The lowest BCUT2D eigenvalue weighted by Crippen LogP contribution is -2.50. The number of likely N-dealkylation sites (N-methyl/N-ethyl adjacent to an activating group) is 2. The van der Waals surface area contributed by atoms with Gasteiger partial charge in [0.05, 0.1) is 48.2 Å². The van der Waals surface area contributed by atoms with Crippen LogP contribution in [0.3, 0.4) is 0 Å². The standard InChI is InChI=1S/C41H63N5O6S.C33H43F5N4O5S.C14H21NO2/c1-11-27(5)32(23-36(48)41(8)19-16-20-45(41)9)39(50)46(10)35(26(3)4)24-33(42-29(7)47)38-44-34(25-53-38)37(49)43-31(21-28(6)40(51)52-12-2)22-30-17-14-13-15-18-30;1-9-17(4)19(13-23(44)33(6)11-10-12-41(33)7)31(45)42(8)22(16(2)3)14-20(39-18(5)43)30-40-21(15-48-30)32(46)47-29-27(37)25(35)24(34)26(36)28(29)38;1-3-17-14(16)11(2)9-13(15)10-12-7-5-4-6-8-12/h13-15,17-18,25-28,31-33,35H,11-12,16,19-24H2,1-10H3,(H,42,47)(H,43,49);15-17,19-20,22H,9-14H2,1-8H3,(H,39,43);4-8,11,13H,3,9-10,15H2,1-2H3/t27-,28-,31+,32-,33+,35+,41+;17-,19-,20+,22+,33+;11-,13+/m000/s1. The first-order chi connectivity index (χ1) is 55.5. The van der Waals surface area contributed by atoms with Crippen molar-refractivity contribution in [2.45, 2.75) is 248 Å². The number of Topliss-reactive ketones (excluding diaryl/α,β-unsaturated/α-hetero) is 2. The van der Waals surface area contributed by atoms with Gasteiger partial charge in [-0.2, -0.15) is 8.78 Å². The third-order valence-electron chi connectivity index (χ3n) is 23.4. The molecule has 0 unspecified atom stereocenters. The summed E-state index contributed by atoms with van der Waals surface area (Å²) in [6.45, 7) is 32.1. The molecule has 2 aliphatic rings. The Bertz CT molecular complexity index is 4130. The molecule has 23 nitrogen and oxygen atoms in total. The number of aromatic nitrogens is 2. The summed E-state index contributed by atoms with van der Waals surface area (Å²) < 4.78 is 83.6. The second-order valence-electron chi connectivity index (χ2n) is 32.9. The van der Waals surface area contributed by atoms with Crippen molar-refractivity contribution in [3.05, 3.63) is 133 Å². The van der Waals surface area contributed by atoms with E-state index < -0.39 is 99.4 Å². The van der Waals surface area contributed by atoms with Gasteiger partial charge in [-0.25, -0.2) is 27.9 Å². The molecule has 14 atom stereocenters. The Hall–Kier alpha value is -8.45. The third kappa shape index (κ3) is 27.8. The minimum Gasteiger partial charge on any atom is -0.466 e. The summed E-state index contributed by atoms with van der Waals surface area (Å²) in [5.74, 6) is -18.4. The Labute approximate surface area is 702 Å². The second kappa shape index (κ2) is 46.9. The van der Waals surface area contributed by atoms with E-state index in [2.05, 4.69) is 42.7 Å². The number of benzene rings is 3. The van der Waals surface area contributed by atoms with Crippen molar-refractivity contribution in [1.82, 2.24) is 45.5 Å². The van der Waals surface area contributed by atoms with Gasteiger partial charge in [-0.3, -0.25) is 53.0 Å². The number of rotatable bonds is 40. The molecule has 654 valence electrons. The molecule has 2 fully saturated rings. The number of hydrogen-bond donors (Lipinski definition) is 4. The lowest BCUT2D eigenvalue weighted by Gasteiger charge is -2.38. The fourth-order valence-corrected chi connectivity index (χ4v) is 17.0. The van der Waals surface area contributed by atoms with Crippen LogP contribution < -0.4 is 26.4 Å².